The monoisotopic (exact) mass is 210 g/mol. The number of carboxylic acids is 1. The van der Waals surface area contributed by atoms with Gasteiger partial charge in [0, 0.05) is 32.3 Å². The first kappa shape index (κ1) is 11.2. The highest BCUT2D eigenvalue weighted by atomic mass is 16.4. The highest BCUT2D eigenvalue weighted by molar-refractivity contribution is 5.67. The molecular weight excluding hydrogens is 196 g/mol. The first-order valence-corrected chi connectivity index (χ1v) is 4.51. The number of nitrogen functional groups attached to an aromatic ring is 1. The van der Waals surface area contributed by atoms with Gasteiger partial charge in [-0.2, -0.15) is 4.98 Å². The smallest absolute Gasteiger partial charge is 0.303 e. The summed E-state index contributed by atoms with van der Waals surface area (Å²) in [4.78, 5) is 20.2. The topological polar surface area (TPSA) is 92.3 Å². The van der Waals surface area contributed by atoms with Gasteiger partial charge in [-0.3, -0.25) is 4.79 Å². The number of nitrogens with two attached hydrogens (primary N) is 1. The molecule has 0 radical (unpaired) electrons. The molecule has 1 aromatic heterocycles. The van der Waals surface area contributed by atoms with Gasteiger partial charge in [-0.05, 0) is 6.42 Å². The van der Waals surface area contributed by atoms with Gasteiger partial charge in [0.1, 0.15) is 5.82 Å². The van der Waals surface area contributed by atoms with E-state index in [9.17, 15) is 4.79 Å². The van der Waals surface area contributed by atoms with Crippen LogP contribution in [-0.2, 0) is 11.2 Å². The summed E-state index contributed by atoms with van der Waals surface area (Å²) in [5, 5.41) is 8.52. The van der Waals surface area contributed by atoms with Crippen molar-refractivity contribution in [1.82, 2.24) is 9.97 Å². The van der Waals surface area contributed by atoms with Gasteiger partial charge < -0.3 is 15.7 Å². The third kappa shape index (κ3) is 3.08. The molecule has 0 unspecified atom stereocenters. The van der Waals surface area contributed by atoms with Gasteiger partial charge in [0.15, 0.2) is 0 Å². The maximum Gasteiger partial charge on any atom is 0.303 e. The minimum Gasteiger partial charge on any atom is -0.481 e. The van der Waals surface area contributed by atoms with E-state index in [4.69, 9.17) is 10.8 Å². The predicted molar refractivity (Wildman–Crippen MR) is 56.7 cm³/mol. The van der Waals surface area contributed by atoms with E-state index in [0.29, 0.717) is 23.8 Å². The van der Waals surface area contributed by atoms with Crippen molar-refractivity contribution < 1.29 is 9.90 Å². The van der Waals surface area contributed by atoms with Crippen LogP contribution in [0.3, 0.4) is 0 Å². The molecule has 82 valence electrons. The van der Waals surface area contributed by atoms with Crippen molar-refractivity contribution in [1.29, 1.82) is 0 Å². The van der Waals surface area contributed by atoms with Crippen LogP contribution in [0, 0.1) is 0 Å². The normalized spacial score (nSPS) is 10.0. The van der Waals surface area contributed by atoms with Gasteiger partial charge in [0.2, 0.25) is 5.95 Å². The van der Waals surface area contributed by atoms with Crippen LogP contribution < -0.4 is 10.6 Å². The molecule has 6 nitrogen and oxygen atoms in total. The van der Waals surface area contributed by atoms with E-state index in [1.54, 1.807) is 11.1 Å². The second-order valence-electron chi connectivity index (χ2n) is 3.37. The number of hydrogen-bond donors (Lipinski definition) is 2. The zero-order chi connectivity index (χ0) is 11.4. The molecule has 0 saturated carbocycles. The maximum atomic E-state index is 10.4. The van der Waals surface area contributed by atoms with Crippen LogP contribution in [0.15, 0.2) is 6.20 Å². The zero-order valence-electron chi connectivity index (χ0n) is 8.77. The number of aromatic nitrogens is 2. The molecule has 1 heterocycles. The summed E-state index contributed by atoms with van der Waals surface area (Å²) in [6, 6.07) is 0. The van der Waals surface area contributed by atoms with Crippen molar-refractivity contribution in [3.8, 4) is 0 Å². The van der Waals surface area contributed by atoms with Crippen LogP contribution in [0.5, 0.6) is 0 Å². The molecule has 0 saturated heterocycles. The summed E-state index contributed by atoms with van der Waals surface area (Å²) < 4.78 is 0. The van der Waals surface area contributed by atoms with Crippen LogP contribution in [0.1, 0.15) is 12.0 Å². The molecule has 0 aliphatic rings. The number of nitrogens with zero attached hydrogens (tertiary/aromatic N) is 3. The lowest BCUT2D eigenvalue weighted by molar-refractivity contribution is -0.136. The van der Waals surface area contributed by atoms with Crippen LogP contribution in [-0.4, -0.2) is 35.1 Å². The number of aliphatic carboxylic acids is 1. The summed E-state index contributed by atoms with van der Waals surface area (Å²) in [5.74, 6) is 0.00705. The molecule has 15 heavy (non-hydrogen) atoms. The Morgan fingerprint density at radius 3 is 2.73 bits per heavy atom. The lowest BCUT2D eigenvalue weighted by atomic mass is 10.2. The van der Waals surface area contributed by atoms with E-state index in [1.807, 2.05) is 14.1 Å². The Bertz CT molecular complexity index is 365. The Morgan fingerprint density at radius 1 is 1.60 bits per heavy atom. The molecule has 0 aliphatic carbocycles. The van der Waals surface area contributed by atoms with Crippen molar-refractivity contribution in [3.05, 3.63) is 11.8 Å². The number of aryl methyl sites for hydroxylation is 1. The van der Waals surface area contributed by atoms with E-state index in [-0.39, 0.29) is 6.42 Å². The lowest BCUT2D eigenvalue weighted by Gasteiger charge is -2.11. The lowest BCUT2D eigenvalue weighted by Crippen LogP contribution is -2.14. The molecule has 0 amide bonds. The fourth-order valence-electron chi connectivity index (χ4n) is 1.06. The third-order valence-corrected chi connectivity index (χ3v) is 1.89. The molecule has 3 N–H and O–H groups in total. The van der Waals surface area contributed by atoms with Gasteiger partial charge in [0.25, 0.3) is 0 Å². The average Bonchev–Trinajstić information content (AvgIpc) is 2.15. The zero-order valence-corrected chi connectivity index (χ0v) is 8.77. The van der Waals surface area contributed by atoms with Gasteiger partial charge in [0.05, 0.1) is 0 Å². The molecule has 0 aromatic carbocycles. The minimum absolute atomic E-state index is 0.0366. The number of carbonyl (C=O) groups is 1. The quantitative estimate of drug-likeness (QED) is 0.734. The second-order valence-corrected chi connectivity index (χ2v) is 3.37. The fraction of sp³-hybridized carbons (Fsp3) is 0.444. The molecule has 0 bridgehead atoms. The number of rotatable bonds is 4. The maximum absolute atomic E-state index is 10.4. The minimum atomic E-state index is -0.855. The van der Waals surface area contributed by atoms with E-state index >= 15 is 0 Å². The molecule has 6 heteroatoms. The van der Waals surface area contributed by atoms with Crippen LogP contribution >= 0.6 is 0 Å². The molecule has 0 spiro atoms. The van der Waals surface area contributed by atoms with Crippen molar-refractivity contribution in [3.63, 3.8) is 0 Å². The molecule has 0 aliphatic heterocycles. The van der Waals surface area contributed by atoms with Gasteiger partial charge in [-0.25, -0.2) is 4.98 Å². The van der Waals surface area contributed by atoms with Crippen LogP contribution in [0.2, 0.25) is 0 Å². The predicted octanol–water partition coefficient (Wildman–Crippen LogP) is 0.142. The number of carboxylic acid groups (broad SMARTS) is 1. The van der Waals surface area contributed by atoms with Crippen molar-refractivity contribution in [2.24, 2.45) is 0 Å². The highest BCUT2D eigenvalue weighted by Crippen LogP contribution is 2.13. The summed E-state index contributed by atoms with van der Waals surface area (Å²) in [6.07, 6.45) is 1.96. The summed E-state index contributed by atoms with van der Waals surface area (Å²) >= 11 is 0. The van der Waals surface area contributed by atoms with E-state index < -0.39 is 5.97 Å². The summed E-state index contributed by atoms with van der Waals surface area (Å²) in [7, 11) is 3.62. The molecule has 1 aromatic rings. The Balaban J connectivity index is 2.79. The SMILES string of the molecule is CN(C)c1ncc(CCC(=O)O)c(N)n1. The largest absolute Gasteiger partial charge is 0.481 e. The first-order chi connectivity index (χ1) is 7.00. The number of hydrogen-bond acceptors (Lipinski definition) is 5. The van der Waals surface area contributed by atoms with E-state index in [2.05, 4.69) is 9.97 Å². The van der Waals surface area contributed by atoms with Crippen molar-refractivity contribution in [2.75, 3.05) is 24.7 Å². The Morgan fingerprint density at radius 2 is 2.27 bits per heavy atom. The highest BCUT2D eigenvalue weighted by Gasteiger charge is 2.07. The summed E-state index contributed by atoms with van der Waals surface area (Å²) in [5.41, 5.74) is 6.34. The average molecular weight is 210 g/mol. The Labute approximate surface area is 87.8 Å². The van der Waals surface area contributed by atoms with E-state index in [0.717, 1.165) is 0 Å². The third-order valence-electron chi connectivity index (χ3n) is 1.89. The van der Waals surface area contributed by atoms with Crippen molar-refractivity contribution in [2.45, 2.75) is 12.8 Å². The standard InChI is InChI=1S/C9H14N4O2/c1-13(2)9-11-5-6(8(10)12-9)3-4-7(14)15/h5H,3-4H2,1-2H3,(H,14,15)(H2,10,11,12). The summed E-state index contributed by atoms with van der Waals surface area (Å²) in [6.45, 7) is 0. The molecular formula is C9H14N4O2. The van der Waals surface area contributed by atoms with Crippen LogP contribution in [0.4, 0.5) is 11.8 Å². The second kappa shape index (κ2) is 4.59. The van der Waals surface area contributed by atoms with Gasteiger partial charge in [-0.15, -0.1) is 0 Å². The Kier molecular flexibility index (Phi) is 3.43. The Hall–Kier alpha value is -1.85. The molecule has 0 atom stereocenters. The number of anilines is 2. The molecule has 0 fully saturated rings. The molecule has 1 rings (SSSR count). The fourth-order valence-corrected chi connectivity index (χ4v) is 1.06. The first-order valence-electron chi connectivity index (χ1n) is 4.51. The van der Waals surface area contributed by atoms with Crippen molar-refractivity contribution >= 4 is 17.7 Å². The van der Waals surface area contributed by atoms with Crippen LogP contribution in [0.25, 0.3) is 0 Å². The van der Waals surface area contributed by atoms with Gasteiger partial charge >= 0.3 is 5.97 Å². The van der Waals surface area contributed by atoms with E-state index in [1.165, 1.54) is 0 Å². The van der Waals surface area contributed by atoms with Gasteiger partial charge in [-0.1, -0.05) is 0 Å².